The number of hydrogen-bond acceptors (Lipinski definition) is 7. The van der Waals surface area contributed by atoms with Gasteiger partial charge in [0.05, 0.1) is 34.4 Å². The molecule has 0 fully saturated rings. The maximum absolute atomic E-state index is 12.8. The minimum atomic E-state index is -1.50. The van der Waals surface area contributed by atoms with Crippen molar-refractivity contribution >= 4 is 17.9 Å². The van der Waals surface area contributed by atoms with Crippen LogP contribution in [0.5, 0.6) is 0 Å². The Morgan fingerprint density at radius 3 is 1.22 bits per heavy atom. The number of unbranched alkanes of at least 4 members (excludes halogenated alkanes) is 32. The Kier molecular flexibility index (Phi) is 46.6. The van der Waals surface area contributed by atoms with Crippen LogP contribution < -0.4 is 0 Å². The number of allylic oxidation sites excluding steroid dienone is 4. The van der Waals surface area contributed by atoms with Gasteiger partial charge in [0, 0.05) is 12.8 Å². The van der Waals surface area contributed by atoms with E-state index in [9.17, 15) is 19.5 Å². The van der Waals surface area contributed by atoms with Gasteiger partial charge in [-0.3, -0.25) is 9.59 Å². The van der Waals surface area contributed by atoms with Crippen LogP contribution in [-0.2, 0) is 33.3 Å². The van der Waals surface area contributed by atoms with E-state index >= 15 is 0 Å². The van der Waals surface area contributed by atoms with Crippen LogP contribution in [0, 0.1) is 0 Å². The van der Waals surface area contributed by atoms with Gasteiger partial charge in [-0.2, -0.15) is 0 Å². The molecule has 1 N–H and O–H groups in total. The molecule has 0 aromatic carbocycles. The SMILES string of the molecule is CCCCCCC/C=C\C/C=C\CCCCCCCCCCCCCCCCCCCC(=O)OC(COC(=O)CCCCCCCCCCCCC)COC(OCC[N+](C)(C)C)C(=O)O. The number of carbonyl (C=O) groups is 3. The van der Waals surface area contributed by atoms with Gasteiger partial charge in [-0.1, -0.05) is 224 Å². The fraction of sp³-hybridized carbons (Fsp3) is 0.875. The average Bonchev–Trinajstić information content (AvgIpc) is 3.27. The topological polar surface area (TPSA) is 108 Å². The predicted octanol–water partition coefficient (Wildman–Crippen LogP) is 15.6. The van der Waals surface area contributed by atoms with Crippen LogP contribution in [0.3, 0.4) is 0 Å². The van der Waals surface area contributed by atoms with Gasteiger partial charge in [-0.25, -0.2) is 4.79 Å². The monoisotopic (exact) mass is 921 g/mol. The molecule has 0 aromatic rings. The number of esters is 2. The molecule has 0 saturated heterocycles. The van der Waals surface area contributed by atoms with Gasteiger partial charge in [-0.15, -0.1) is 0 Å². The first kappa shape index (κ1) is 62.8. The molecule has 0 radical (unpaired) electrons. The van der Waals surface area contributed by atoms with Crippen molar-refractivity contribution in [1.82, 2.24) is 0 Å². The highest BCUT2D eigenvalue weighted by Gasteiger charge is 2.25. The fourth-order valence-corrected chi connectivity index (χ4v) is 7.93. The zero-order valence-electron chi connectivity index (χ0n) is 43.4. The summed E-state index contributed by atoms with van der Waals surface area (Å²) in [5.74, 6) is -1.99. The van der Waals surface area contributed by atoms with Crippen molar-refractivity contribution in [2.45, 2.75) is 270 Å². The molecule has 2 atom stereocenters. The molecule has 9 heteroatoms. The van der Waals surface area contributed by atoms with Crippen LogP contribution in [-0.4, -0.2) is 87.4 Å². The van der Waals surface area contributed by atoms with E-state index in [0.29, 0.717) is 17.4 Å². The molecule has 0 heterocycles. The molecule has 382 valence electrons. The van der Waals surface area contributed by atoms with E-state index in [1.807, 2.05) is 21.1 Å². The van der Waals surface area contributed by atoms with Crippen molar-refractivity contribution in [3.8, 4) is 0 Å². The summed E-state index contributed by atoms with van der Waals surface area (Å²) in [6, 6.07) is 0. The van der Waals surface area contributed by atoms with Crippen LogP contribution in [0.1, 0.15) is 258 Å². The zero-order valence-corrected chi connectivity index (χ0v) is 43.4. The maximum atomic E-state index is 12.8. The lowest BCUT2D eigenvalue weighted by Crippen LogP contribution is -2.40. The number of aliphatic carboxylic acids is 1. The third-order valence-corrected chi connectivity index (χ3v) is 12.2. The number of hydrogen-bond donors (Lipinski definition) is 1. The number of carboxylic acid groups (broad SMARTS) is 1. The van der Waals surface area contributed by atoms with Gasteiger partial charge in [0.25, 0.3) is 6.29 Å². The van der Waals surface area contributed by atoms with E-state index in [0.717, 1.165) is 44.9 Å². The highest BCUT2D eigenvalue weighted by Crippen LogP contribution is 2.17. The molecule has 0 aromatic heterocycles. The van der Waals surface area contributed by atoms with E-state index in [1.54, 1.807) is 0 Å². The molecule has 0 aliphatic rings. The molecule has 0 aliphatic carbocycles. The Morgan fingerprint density at radius 1 is 0.462 bits per heavy atom. The summed E-state index contributed by atoms with van der Waals surface area (Å²) in [4.78, 5) is 37.2. The number of carbonyl (C=O) groups excluding carboxylic acids is 2. The molecule has 0 aliphatic heterocycles. The summed E-state index contributed by atoms with van der Waals surface area (Å²) in [6.07, 6.45) is 52.6. The van der Waals surface area contributed by atoms with E-state index < -0.39 is 24.3 Å². The minimum absolute atomic E-state index is 0.176. The smallest absolute Gasteiger partial charge is 0.361 e. The van der Waals surface area contributed by atoms with Gasteiger partial charge in [0.15, 0.2) is 6.10 Å². The second-order valence-corrected chi connectivity index (χ2v) is 19.9. The third-order valence-electron chi connectivity index (χ3n) is 12.2. The Morgan fingerprint density at radius 2 is 0.831 bits per heavy atom. The number of rotatable bonds is 51. The van der Waals surface area contributed by atoms with Crippen molar-refractivity contribution in [2.75, 3.05) is 47.5 Å². The first-order chi connectivity index (χ1) is 31.6. The van der Waals surface area contributed by atoms with Crippen LogP contribution in [0.25, 0.3) is 0 Å². The predicted molar refractivity (Wildman–Crippen MR) is 272 cm³/mol. The lowest BCUT2D eigenvalue weighted by atomic mass is 10.0. The van der Waals surface area contributed by atoms with Crippen molar-refractivity contribution in [3.05, 3.63) is 24.3 Å². The highest BCUT2D eigenvalue weighted by molar-refractivity contribution is 5.71. The quantitative estimate of drug-likeness (QED) is 0.0211. The molecule has 0 spiro atoms. The van der Waals surface area contributed by atoms with E-state index in [2.05, 4.69) is 38.2 Å². The lowest BCUT2D eigenvalue weighted by molar-refractivity contribution is -0.870. The van der Waals surface area contributed by atoms with Gasteiger partial charge in [-0.05, 0) is 44.9 Å². The summed E-state index contributed by atoms with van der Waals surface area (Å²) in [6.45, 7) is 4.89. The number of quaternary nitrogens is 1. The minimum Gasteiger partial charge on any atom is -0.477 e. The fourth-order valence-electron chi connectivity index (χ4n) is 7.93. The van der Waals surface area contributed by atoms with Crippen LogP contribution >= 0.6 is 0 Å². The molecular weight excluding hydrogens is 815 g/mol. The van der Waals surface area contributed by atoms with Crippen LogP contribution in [0.4, 0.5) is 0 Å². The van der Waals surface area contributed by atoms with Crippen molar-refractivity contribution < 1.29 is 42.9 Å². The first-order valence-electron chi connectivity index (χ1n) is 27.5. The number of ether oxygens (including phenoxy) is 4. The molecule has 65 heavy (non-hydrogen) atoms. The summed E-state index contributed by atoms with van der Waals surface area (Å²) in [5.41, 5.74) is 0. The van der Waals surface area contributed by atoms with Gasteiger partial charge in [0.2, 0.25) is 0 Å². The van der Waals surface area contributed by atoms with Crippen LogP contribution in [0.2, 0.25) is 0 Å². The maximum Gasteiger partial charge on any atom is 0.361 e. The Balaban J connectivity index is 4.10. The number of likely N-dealkylation sites (N-methyl/N-ethyl adjacent to an activating group) is 1. The first-order valence-corrected chi connectivity index (χ1v) is 27.5. The zero-order chi connectivity index (χ0) is 47.7. The van der Waals surface area contributed by atoms with Crippen LogP contribution in [0.15, 0.2) is 24.3 Å². The highest BCUT2D eigenvalue weighted by atomic mass is 16.7. The molecule has 2 unspecified atom stereocenters. The Hall–Kier alpha value is -2.23. The molecule has 0 rings (SSSR count). The standard InChI is InChI=1S/C56H105NO8/c1-6-8-10-12-14-16-18-19-20-21-22-23-24-25-26-27-28-29-30-31-32-33-34-35-37-39-41-43-45-47-54(59)65-52(51-64-56(55(60)61)62-49-48-57(3,4)5)50-63-53(58)46-44-42-40-38-36-17-15-13-11-9-7-2/h18-19,21-22,52,56H,6-17,20,23-51H2,1-5H3/p+1/b19-18-,22-21-. The van der Waals surface area contributed by atoms with Gasteiger partial charge in [0.1, 0.15) is 13.2 Å². The lowest BCUT2D eigenvalue weighted by Gasteiger charge is -2.25. The molecule has 9 nitrogen and oxygen atoms in total. The summed E-state index contributed by atoms with van der Waals surface area (Å²) in [7, 11) is 5.97. The second-order valence-electron chi connectivity index (χ2n) is 19.9. The second kappa shape index (κ2) is 48.2. The van der Waals surface area contributed by atoms with Crippen molar-refractivity contribution in [1.29, 1.82) is 0 Å². The van der Waals surface area contributed by atoms with Gasteiger partial charge >= 0.3 is 17.9 Å². The molecular formula is C56H106NO8+. The molecule has 0 amide bonds. The molecule has 0 saturated carbocycles. The van der Waals surface area contributed by atoms with Crippen molar-refractivity contribution in [3.63, 3.8) is 0 Å². The van der Waals surface area contributed by atoms with E-state index in [-0.39, 0.29) is 32.2 Å². The van der Waals surface area contributed by atoms with Crippen molar-refractivity contribution in [2.24, 2.45) is 0 Å². The number of carboxylic acids is 1. The Labute approximate surface area is 401 Å². The molecule has 0 bridgehead atoms. The van der Waals surface area contributed by atoms with E-state index in [4.69, 9.17) is 18.9 Å². The van der Waals surface area contributed by atoms with E-state index in [1.165, 1.54) is 186 Å². The number of nitrogens with zero attached hydrogens (tertiary/aromatic N) is 1. The largest absolute Gasteiger partial charge is 0.477 e. The average molecular weight is 921 g/mol. The summed E-state index contributed by atoms with van der Waals surface area (Å²) >= 11 is 0. The Bertz CT molecular complexity index is 1120. The van der Waals surface area contributed by atoms with Gasteiger partial charge < -0.3 is 28.5 Å². The summed E-state index contributed by atoms with van der Waals surface area (Å²) in [5, 5.41) is 9.66. The normalized spacial score (nSPS) is 12.9. The third kappa shape index (κ3) is 49.5. The summed E-state index contributed by atoms with van der Waals surface area (Å²) < 4.78 is 22.8.